The molecule has 1 aliphatic carbocycles. The van der Waals surface area contributed by atoms with Gasteiger partial charge >= 0.3 is 0 Å². The molecule has 0 spiro atoms. The first-order chi connectivity index (χ1) is 10.1. The van der Waals surface area contributed by atoms with Gasteiger partial charge in [-0.3, -0.25) is 9.59 Å². The Morgan fingerprint density at radius 3 is 2.43 bits per heavy atom. The zero-order valence-electron chi connectivity index (χ0n) is 11.8. The Labute approximate surface area is 120 Å². The average molecular weight is 284 g/mol. The fourth-order valence-electron chi connectivity index (χ4n) is 2.40. The van der Waals surface area contributed by atoms with Crippen LogP contribution in [0.5, 0.6) is 11.6 Å². The number of hydrogen-bond donors (Lipinski definition) is 0. The van der Waals surface area contributed by atoms with Gasteiger partial charge in [0.05, 0.1) is 31.5 Å². The summed E-state index contributed by atoms with van der Waals surface area (Å²) in [5.74, 6) is 0.0892. The van der Waals surface area contributed by atoms with Crippen LogP contribution in [0.4, 0.5) is 0 Å². The predicted octanol–water partition coefficient (Wildman–Crippen LogP) is 1.58. The van der Waals surface area contributed by atoms with Crippen molar-refractivity contribution in [3.63, 3.8) is 0 Å². The zero-order chi connectivity index (χ0) is 15.1. The van der Waals surface area contributed by atoms with Crippen LogP contribution in [0.3, 0.4) is 0 Å². The number of pyridine rings is 2. The monoisotopic (exact) mass is 284 g/mol. The highest BCUT2D eigenvalue weighted by molar-refractivity contribution is 6.27. The van der Waals surface area contributed by atoms with Crippen molar-refractivity contribution in [2.24, 2.45) is 0 Å². The topological polar surface area (TPSA) is 78.4 Å². The van der Waals surface area contributed by atoms with Crippen molar-refractivity contribution >= 4 is 11.6 Å². The van der Waals surface area contributed by atoms with Gasteiger partial charge in [0.15, 0.2) is 5.78 Å². The number of nitrogens with zero attached hydrogens (tertiary/aromatic N) is 2. The highest BCUT2D eigenvalue weighted by Crippen LogP contribution is 2.31. The van der Waals surface area contributed by atoms with Gasteiger partial charge in [0.25, 0.3) is 0 Å². The number of rotatable bonds is 2. The molecule has 0 atom stereocenters. The van der Waals surface area contributed by atoms with Gasteiger partial charge in [-0.05, 0) is 13.0 Å². The molecule has 0 N–H and O–H groups in total. The fraction of sp³-hybridized carbons (Fsp3) is 0.200. The molecule has 0 unspecified atom stereocenters. The van der Waals surface area contributed by atoms with Crippen LogP contribution in [0.15, 0.2) is 18.3 Å². The molecule has 0 aliphatic heterocycles. The van der Waals surface area contributed by atoms with Crippen LogP contribution >= 0.6 is 0 Å². The second-order valence-corrected chi connectivity index (χ2v) is 4.58. The summed E-state index contributed by atoms with van der Waals surface area (Å²) in [5, 5.41) is 0. The number of hydrogen-bond acceptors (Lipinski definition) is 6. The summed E-state index contributed by atoms with van der Waals surface area (Å²) in [6.45, 7) is 1.73. The zero-order valence-corrected chi connectivity index (χ0v) is 11.8. The number of fused-ring (bicyclic) bond motifs is 2. The smallest absolute Gasteiger partial charge is 0.231 e. The van der Waals surface area contributed by atoms with Crippen LogP contribution < -0.4 is 9.47 Å². The summed E-state index contributed by atoms with van der Waals surface area (Å²) in [6, 6.07) is 3.10. The van der Waals surface area contributed by atoms with Crippen molar-refractivity contribution in [3.05, 3.63) is 46.4 Å². The van der Waals surface area contributed by atoms with Crippen LogP contribution in [0.2, 0.25) is 0 Å². The van der Waals surface area contributed by atoms with Crippen LogP contribution in [0.1, 0.15) is 37.7 Å². The minimum Gasteiger partial charge on any atom is -0.495 e. The van der Waals surface area contributed by atoms with E-state index in [1.165, 1.54) is 20.4 Å². The molecular formula is C15H12N2O4. The molecule has 6 nitrogen and oxygen atoms in total. The van der Waals surface area contributed by atoms with Gasteiger partial charge in [0.1, 0.15) is 17.1 Å². The van der Waals surface area contributed by atoms with Gasteiger partial charge in [-0.15, -0.1) is 0 Å². The Balaban J connectivity index is 2.27. The number of methoxy groups -OCH3 is 2. The Morgan fingerprint density at radius 1 is 1.00 bits per heavy atom. The van der Waals surface area contributed by atoms with Gasteiger partial charge in [-0.1, -0.05) is 0 Å². The summed E-state index contributed by atoms with van der Waals surface area (Å²) < 4.78 is 10.2. The third kappa shape index (κ3) is 1.79. The Kier molecular flexibility index (Phi) is 2.94. The normalized spacial score (nSPS) is 12.7. The lowest BCUT2D eigenvalue weighted by molar-refractivity contribution is 0.0969. The molecule has 21 heavy (non-hydrogen) atoms. The second-order valence-electron chi connectivity index (χ2n) is 4.58. The predicted molar refractivity (Wildman–Crippen MR) is 73.2 cm³/mol. The van der Waals surface area contributed by atoms with E-state index in [2.05, 4.69) is 9.97 Å². The average Bonchev–Trinajstić information content (AvgIpc) is 2.51. The minimum atomic E-state index is -0.385. The highest BCUT2D eigenvalue weighted by atomic mass is 16.5. The molecule has 6 heteroatoms. The lowest BCUT2D eigenvalue weighted by Crippen LogP contribution is -2.25. The van der Waals surface area contributed by atoms with Gasteiger partial charge in [0, 0.05) is 11.6 Å². The molecule has 0 bridgehead atoms. The first-order valence-electron chi connectivity index (χ1n) is 6.26. The maximum Gasteiger partial charge on any atom is 0.231 e. The van der Waals surface area contributed by atoms with E-state index in [9.17, 15) is 9.59 Å². The van der Waals surface area contributed by atoms with Gasteiger partial charge in [-0.25, -0.2) is 9.97 Å². The summed E-state index contributed by atoms with van der Waals surface area (Å²) in [4.78, 5) is 33.2. The molecule has 3 rings (SSSR count). The van der Waals surface area contributed by atoms with Gasteiger partial charge < -0.3 is 9.47 Å². The third-order valence-electron chi connectivity index (χ3n) is 3.49. The number of ketones is 2. The number of ether oxygens (including phenoxy) is 2. The molecule has 0 saturated heterocycles. The van der Waals surface area contributed by atoms with E-state index >= 15 is 0 Å². The molecule has 0 fully saturated rings. The first kappa shape index (κ1) is 13.2. The van der Waals surface area contributed by atoms with Crippen molar-refractivity contribution in [1.29, 1.82) is 0 Å². The molecule has 0 amide bonds. The van der Waals surface area contributed by atoms with Crippen molar-refractivity contribution in [2.75, 3.05) is 14.2 Å². The van der Waals surface area contributed by atoms with E-state index in [4.69, 9.17) is 9.47 Å². The molecule has 2 aromatic rings. The van der Waals surface area contributed by atoms with Crippen molar-refractivity contribution < 1.29 is 19.1 Å². The molecule has 0 radical (unpaired) electrons. The molecule has 2 aromatic heterocycles. The van der Waals surface area contributed by atoms with Crippen LogP contribution in [-0.4, -0.2) is 35.8 Å². The first-order valence-corrected chi connectivity index (χ1v) is 6.26. The third-order valence-corrected chi connectivity index (χ3v) is 3.49. The number of carbonyl (C=O) groups excluding carboxylic acids is 2. The van der Waals surface area contributed by atoms with Crippen molar-refractivity contribution in [1.82, 2.24) is 9.97 Å². The summed E-state index contributed by atoms with van der Waals surface area (Å²) in [5.41, 5.74) is 1.31. The van der Waals surface area contributed by atoms with E-state index in [1.807, 2.05) is 0 Å². The number of carbonyl (C=O) groups is 2. The van der Waals surface area contributed by atoms with E-state index < -0.39 is 0 Å². The van der Waals surface area contributed by atoms with E-state index in [1.54, 1.807) is 19.1 Å². The summed E-state index contributed by atoms with van der Waals surface area (Å²) >= 11 is 0. The lowest BCUT2D eigenvalue weighted by atomic mass is 9.87. The number of aromatic nitrogens is 2. The summed E-state index contributed by atoms with van der Waals surface area (Å²) in [7, 11) is 2.94. The Hall–Kier alpha value is -2.76. The second kappa shape index (κ2) is 4.66. The standard InChI is InChI=1S/C15H12N2O4/c1-7-9(20-2)6-16-13-11(7)14(18)8-4-5-10(21-3)17-12(8)15(13)19/h4-6H,1-3H3. The van der Waals surface area contributed by atoms with Crippen LogP contribution in [-0.2, 0) is 0 Å². The molecule has 106 valence electrons. The largest absolute Gasteiger partial charge is 0.495 e. The van der Waals surface area contributed by atoms with Gasteiger partial charge in [0.2, 0.25) is 11.7 Å². The SMILES string of the molecule is COc1ccc2c(n1)C(=O)c1ncc(OC)c(C)c1C2=O. The maximum atomic E-state index is 12.6. The van der Waals surface area contributed by atoms with E-state index in [0.29, 0.717) is 11.3 Å². The van der Waals surface area contributed by atoms with E-state index in [-0.39, 0.29) is 40.0 Å². The summed E-state index contributed by atoms with van der Waals surface area (Å²) in [6.07, 6.45) is 1.44. The Morgan fingerprint density at radius 2 is 1.76 bits per heavy atom. The Bertz CT molecular complexity index is 783. The quantitative estimate of drug-likeness (QED) is 0.711. The molecular weight excluding hydrogens is 272 g/mol. The minimum absolute atomic E-state index is 0.0731. The molecule has 0 saturated carbocycles. The van der Waals surface area contributed by atoms with Crippen LogP contribution in [0.25, 0.3) is 0 Å². The highest BCUT2D eigenvalue weighted by Gasteiger charge is 2.34. The van der Waals surface area contributed by atoms with E-state index in [0.717, 1.165) is 0 Å². The van der Waals surface area contributed by atoms with Crippen molar-refractivity contribution in [3.8, 4) is 11.6 Å². The maximum absolute atomic E-state index is 12.6. The molecule has 1 aliphatic rings. The molecule has 0 aromatic carbocycles. The molecule has 2 heterocycles. The van der Waals surface area contributed by atoms with Crippen molar-refractivity contribution in [2.45, 2.75) is 6.92 Å². The fourth-order valence-corrected chi connectivity index (χ4v) is 2.40. The van der Waals surface area contributed by atoms with Gasteiger partial charge in [-0.2, -0.15) is 0 Å². The van der Waals surface area contributed by atoms with Crippen LogP contribution in [0, 0.1) is 6.92 Å². The lowest BCUT2D eigenvalue weighted by Gasteiger charge is -2.19.